The lowest BCUT2D eigenvalue weighted by molar-refractivity contribution is 0.0834. The summed E-state index contributed by atoms with van der Waals surface area (Å²) in [4.78, 5) is 0. The van der Waals surface area contributed by atoms with Gasteiger partial charge in [-0.15, -0.1) is 0 Å². The van der Waals surface area contributed by atoms with Gasteiger partial charge in [-0.3, -0.25) is 0 Å². The average Bonchev–Trinajstić information content (AvgIpc) is 2.72. The fourth-order valence-electron chi connectivity index (χ4n) is 3.29. The molecule has 1 aliphatic rings. The van der Waals surface area contributed by atoms with Crippen LogP contribution in [0.25, 0.3) is 0 Å². The summed E-state index contributed by atoms with van der Waals surface area (Å²) in [6.07, 6.45) is 3.69. The summed E-state index contributed by atoms with van der Waals surface area (Å²) in [5, 5.41) is 10.4. The molecule has 114 valence electrons. The molecule has 0 spiro atoms. The van der Waals surface area contributed by atoms with Gasteiger partial charge in [0.2, 0.25) is 0 Å². The normalized spacial score (nSPS) is 22.9. The van der Waals surface area contributed by atoms with Gasteiger partial charge in [0.1, 0.15) is 0 Å². The van der Waals surface area contributed by atoms with E-state index in [1.807, 2.05) is 6.92 Å². The predicted octanol–water partition coefficient (Wildman–Crippen LogP) is 3.73. The van der Waals surface area contributed by atoms with Crippen molar-refractivity contribution in [1.29, 1.82) is 0 Å². The fraction of sp³-hybridized carbons (Fsp3) is 0.765. The van der Waals surface area contributed by atoms with Gasteiger partial charge in [-0.1, -0.05) is 27.7 Å². The molecule has 0 fully saturated rings. The van der Waals surface area contributed by atoms with Crippen molar-refractivity contribution in [1.82, 2.24) is 4.57 Å². The third-order valence-electron chi connectivity index (χ3n) is 4.43. The third kappa shape index (κ3) is 3.09. The molecular weight excluding hydrogens is 250 g/mol. The van der Waals surface area contributed by atoms with E-state index in [9.17, 15) is 5.11 Å². The fourth-order valence-corrected chi connectivity index (χ4v) is 3.29. The van der Waals surface area contributed by atoms with Crippen molar-refractivity contribution in [3.05, 3.63) is 23.5 Å². The Morgan fingerprint density at radius 2 is 2.15 bits per heavy atom. The summed E-state index contributed by atoms with van der Waals surface area (Å²) in [6, 6.07) is 2.44. The molecule has 0 saturated heterocycles. The maximum absolute atomic E-state index is 10.4. The average molecular weight is 279 g/mol. The van der Waals surface area contributed by atoms with Gasteiger partial charge in [-0.2, -0.15) is 0 Å². The van der Waals surface area contributed by atoms with Crippen LogP contribution in [-0.4, -0.2) is 22.9 Å². The van der Waals surface area contributed by atoms with Gasteiger partial charge in [-0.05, 0) is 37.2 Å². The van der Waals surface area contributed by atoms with Crippen molar-refractivity contribution < 1.29 is 9.84 Å². The van der Waals surface area contributed by atoms with Crippen molar-refractivity contribution in [2.75, 3.05) is 13.2 Å². The van der Waals surface area contributed by atoms with Crippen LogP contribution in [0.1, 0.15) is 64.4 Å². The third-order valence-corrected chi connectivity index (χ3v) is 4.43. The van der Waals surface area contributed by atoms with E-state index in [2.05, 4.69) is 44.5 Å². The Morgan fingerprint density at radius 3 is 2.75 bits per heavy atom. The molecule has 0 aliphatic heterocycles. The van der Waals surface area contributed by atoms with Crippen molar-refractivity contribution in [3.8, 4) is 0 Å². The van der Waals surface area contributed by atoms with Crippen LogP contribution >= 0.6 is 0 Å². The SMILES string of the molecule is CCOCC(C(C)C)n1ccc2c1CC(C)(C)CC2O. The van der Waals surface area contributed by atoms with Crippen molar-refractivity contribution in [2.45, 2.75) is 59.6 Å². The molecule has 0 saturated carbocycles. The zero-order chi connectivity index (χ0) is 14.9. The summed E-state index contributed by atoms with van der Waals surface area (Å²) in [5.41, 5.74) is 2.58. The molecule has 1 aliphatic carbocycles. The second-order valence-corrected chi connectivity index (χ2v) is 7.16. The minimum absolute atomic E-state index is 0.162. The lowest BCUT2D eigenvalue weighted by atomic mass is 9.75. The highest BCUT2D eigenvalue weighted by atomic mass is 16.5. The monoisotopic (exact) mass is 279 g/mol. The van der Waals surface area contributed by atoms with Crippen molar-refractivity contribution in [2.24, 2.45) is 11.3 Å². The number of rotatable bonds is 5. The molecule has 3 heteroatoms. The van der Waals surface area contributed by atoms with Crippen LogP contribution < -0.4 is 0 Å². The Balaban J connectivity index is 2.33. The number of hydrogen-bond acceptors (Lipinski definition) is 2. The number of ether oxygens (including phenoxy) is 1. The Morgan fingerprint density at radius 1 is 1.45 bits per heavy atom. The van der Waals surface area contributed by atoms with E-state index in [0.29, 0.717) is 12.0 Å². The lowest BCUT2D eigenvalue weighted by Crippen LogP contribution is -2.29. The molecule has 20 heavy (non-hydrogen) atoms. The Hall–Kier alpha value is -0.800. The van der Waals surface area contributed by atoms with Gasteiger partial charge >= 0.3 is 0 Å². The van der Waals surface area contributed by atoms with Crippen LogP contribution in [0.15, 0.2) is 12.3 Å². The predicted molar refractivity (Wildman–Crippen MR) is 81.9 cm³/mol. The van der Waals surface area contributed by atoms with Crippen LogP contribution in [0.3, 0.4) is 0 Å². The summed E-state index contributed by atoms with van der Waals surface area (Å²) in [7, 11) is 0. The molecule has 1 aromatic heterocycles. The first kappa shape index (κ1) is 15.6. The molecule has 2 unspecified atom stereocenters. The first-order chi connectivity index (χ1) is 9.35. The number of hydrogen-bond donors (Lipinski definition) is 1. The van der Waals surface area contributed by atoms with E-state index in [4.69, 9.17) is 4.74 Å². The van der Waals surface area contributed by atoms with E-state index in [0.717, 1.165) is 31.6 Å². The van der Waals surface area contributed by atoms with Gasteiger partial charge in [-0.25, -0.2) is 0 Å². The smallest absolute Gasteiger partial charge is 0.0812 e. The summed E-state index contributed by atoms with van der Waals surface area (Å²) in [6.45, 7) is 12.5. The molecule has 0 amide bonds. The molecule has 1 heterocycles. The number of aromatic nitrogens is 1. The molecule has 0 aromatic carbocycles. The van der Waals surface area contributed by atoms with Gasteiger partial charge in [0.05, 0.1) is 18.8 Å². The summed E-state index contributed by atoms with van der Waals surface area (Å²) in [5.74, 6) is 0.514. The van der Waals surface area contributed by atoms with Crippen LogP contribution in [0.4, 0.5) is 0 Å². The van der Waals surface area contributed by atoms with Crippen molar-refractivity contribution >= 4 is 0 Å². The van der Waals surface area contributed by atoms with Gasteiger partial charge < -0.3 is 14.4 Å². The Bertz CT molecular complexity index is 448. The van der Waals surface area contributed by atoms with Gasteiger partial charge in [0.25, 0.3) is 0 Å². The maximum Gasteiger partial charge on any atom is 0.0812 e. The highest BCUT2D eigenvalue weighted by molar-refractivity contribution is 5.29. The van der Waals surface area contributed by atoms with E-state index in [1.165, 1.54) is 5.69 Å². The minimum atomic E-state index is -0.324. The zero-order valence-corrected chi connectivity index (χ0v) is 13.5. The largest absolute Gasteiger partial charge is 0.388 e. The molecule has 0 bridgehead atoms. The molecule has 3 nitrogen and oxygen atoms in total. The number of aliphatic hydroxyl groups excluding tert-OH is 1. The highest BCUT2D eigenvalue weighted by Crippen LogP contribution is 2.42. The lowest BCUT2D eigenvalue weighted by Gasteiger charge is -2.35. The number of nitrogens with zero attached hydrogens (tertiary/aromatic N) is 1. The second kappa shape index (κ2) is 5.90. The first-order valence-electron chi connectivity index (χ1n) is 7.81. The molecule has 0 radical (unpaired) electrons. The first-order valence-corrected chi connectivity index (χ1v) is 7.81. The molecule has 1 aromatic rings. The Kier molecular flexibility index (Phi) is 4.60. The topological polar surface area (TPSA) is 34.4 Å². The van der Waals surface area contributed by atoms with Crippen molar-refractivity contribution in [3.63, 3.8) is 0 Å². The Labute approximate surface area is 122 Å². The van der Waals surface area contributed by atoms with Gasteiger partial charge in [0, 0.05) is 24.1 Å². The van der Waals surface area contributed by atoms with E-state index < -0.39 is 0 Å². The maximum atomic E-state index is 10.4. The quantitative estimate of drug-likeness (QED) is 0.891. The van der Waals surface area contributed by atoms with E-state index in [-0.39, 0.29) is 11.5 Å². The van der Waals surface area contributed by atoms with Crippen LogP contribution in [0, 0.1) is 11.3 Å². The van der Waals surface area contributed by atoms with Crippen LogP contribution in [0.2, 0.25) is 0 Å². The highest BCUT2D eigenvalue weighted by Gasteiger charge is 2.34. The van der Waals surface area contributed by atoms with Crippen LogP contribution in [0.5, 0.6) is 0 Å². The molecular formula is C17H29NO2. The molecule has 2 atom stereocenters. The molecule has 1 N–H and O–H groups in total. The standard InChI is InChI=1S/C17H29NO2/c1-6-20-11-15(12(2)3)18-8-7-13-14(18)9-17(4,5)10-16(13)19/h7-8,12,15-16,19H,6,9-11H2,1-5H3. The van der Waals surface area contributed by atoms with Crippen LogP contribution in [-0.2, 0) is 11.2 Å². The van der Waals surface area contributed by atoms with Gasteiger partial charge in [0.15, 0.2) is 0 Å². The van der Waals surface area contributed by atoms with E-state index >= 15 is 0 Å². The zero-order valence-electron chi connectivity index (χ0n) is 13.5. The second-order valence-electron chi connectivity index (χ2n) is 7.16. The number of aliphatic hydroxyl groups is 1. The molecule has 2 rings (SSSR count). The number of fused-ring (bicyclic) bond motifs is 1. The summed E-state index contributed by atoms with van der Waals surface area (Å²) >= 11 is 0. The van der Waals surface area contributed by atoms with E-state index in [1.54, 1.807) is 0 Å². The summed E-state index contributed by atoms with van der Waals surface area (Å²) < 4.78 is 8.01. The minimum Gasteiger partial charge on any atom is -0.388 e.